The molecule has 0 aliphatic heterocycles. The minimum Gasteiger partial charge on any atom is -0.444 e. The Kier molecular flexibility index (Phi) is 15.9. The van der Waals surface area contributed by atoms with Gasteiger partial charge in [-0.25, -0.2) is 13.2 Å². The molecule has 168 valence electrons. The van der Waals surface area contributed by atoms with Crippen LogP contribution >= 0.6 is 24.0 Å². The lowest BCUT2D eigenvalue weighted by molar-refractivity contribution is 0.0522. The number of nitrogens with one attached hydrogen (secondary N) is 3. The van der Waals surface area contributed by atoms with Crippen LogP contribution in [0.25, 0.3) is 0 Å². The lowest BCUT2D eigenvalue weighted by atomic mass is 10.1. The fourth-order valence-corrected chi connectivity index (χ4v) is 2.81. The minimum absolute atomic E-state index is 0. The molecule has 0 radical (unpaired) electrons. The van der Waals surface area contributed by atoms with Gasteiger partial charge in [0.1, 0.15) is 5.60 Å². The van der Waals surface area contributed by atoms with Gasteiger partial charge in [0, 0.05) is 24.9 Å². The number of aliphatic imine (C=N–C) groups is 1. The van der Waals surface area contributed by atoms with E-state index in [4.69, 9.17) is 4.74 Å². The summed E-state index contributed by atoms with van der Waals surface area (Å²) < 4.78 is 28.5. The highest BCUT2D eigenvalue weighted by Gasteiger charge is 2.18. The van der Waals surface area contributed by atoms with E-state index < -0.39 is 21.5 Å². The molecule has 8 nitrogen and oxygen atoms in total. The smallest absolute Gasteiger partial charge is 0.407 e. The lowest BCUT2D eigenvalue weighted by Gasteiger charge is -2.24. The van der Waals surface area contributed by atoms with E-state index in [0.29, 0.717) is 19.0 Å². The summed E-state index contributed by atoms with van der Waals surface area (Å²) in [5, 5.41) is 9.19. The van der Waals surface area contributed by atoms with E-state index in [-0.39, 0.29) is 48.1 Å². The first-order valence-electron chi connectivity index (χ1n) is 9.75. The van der Waals surface area contributed by atoms with Crippen LogP contribution in [0.4, 0.5) is 4.79 Å². The maximum atomic E-state index is 11.9. The van der Waals surface area contributed by atoms with Gasteiger partial charge in [-0.05, 0) is 34.1 Å². The zero-order valence-corrected chi connectivity index (χ0v) is 21.3. The van der Waals surface area contributed by atoms with Crippen molar-refractivity contribution in [2.24, 2.45) is 4.99 Å². The summed E-state index contributed by atoms with van der Waals surface area (Å²) in [5.74, 6) is 0.692. The van der Waals surface area contributed by atoms with Crippen molar-refractivity contribution in [3.8, 4) is 0 Å². The molecule has 0 heterocycles. The van der Waals surface area contributed by atoms with E-state index in [9.17, 15) is 13.2 Å². The number of carbonyl (C=O) groups is 1. The number of sulfone groups is 1. The third-order valence-corrected chi connectivity index (χ3v) is 5.28. The van der Waals surface area contributed by atoms with Gasteiger partial charge in [0.05, 0.1) is 12.3 Å². The molecule has 0 aliphatic carbocycles. The number of nitrogens with zero attached hydrogens (tertiary/aromatic N) is 1. The van der Waals surface area contributed by atoms with Crippen LogP contribution in [-0.2, 0) is 14.6 Å². The van der Waals surface area contributed by atoms with Gasteiger partial charge in [-0.3, -0.25) is 4.99 Å². The van der Waals surface area contributed by atoms with Crippen molar-refractivity contribution in [2.75, 3.05) is 31.1 Å². The van der Waals surface area contributed by atoms with Crippen molar-refractivity contribution in [1.82, 2.24) is 16.0 Å². The van der Waals surface area contributed by atoms with Gasteiger partial charge in [-0.2, -0.15) is 0 Å². The second-order valence-electron chi connectivity index (χ2n) is 7.36. The molecular formula is C18H39IN4O4S. The van der Waals surface area contributed by atoms with Crippen LogP contribution < -0.4 is 16.0 Å². The topological polar surface area (TPSA) is 109 Å². The van der Waals surface area contributed by atoms with Gasteiger partial charge in [-0.1, -0.05) is 26.7 Å². The van der Waals surface area contributed by atoms with Crippen molar-refractivity contribution in [2.45, 2.75) is 72.4 Å². The van der Waals surface area contributed by atoms with Crippen molar-refractivity contribution in [3.05, 3.63) is 0 Å². The van der Waals surface area contributed by atoms with E-state index in [1.54, 1.807) is 6.92 Å². The summed E-state index contributed by atoms with van der Waals surface area (Å²) in [7, 11) is -3.05. The van der Waals surface area contributed by atoms with Crippen LogP contribution in [0, 0.1) is 0 Å². The van der Waals surface area contributed by atoms with Crippen molar-refractivity contribution < 1.29 is 17.9 Å². The van der Waals surface area contributed by atoms with Gasteiger partial charge in [-0.15, -0.1) is 24.0 Å². The van der Waals surface area contributed by atoms with E-state index in [2.05, 4.69) is 27.9 Å². The van der Waals surface area contributed by atoms with E-state index >= 15 is 0 Å². The Hall–Kier alpha value is -0.780. The first-order valence-corrected chi connectivity index (χ1v) is 11.6. The first kappa shape index (κ1) is 29.4. The number of hydrogen-bond donors (Lipinski definition) is 3. The summed E-state index contributed by atoms with van der Waals surface area (Å²) in [5.41, 5.74) is -0.544. The highest BCUT2D eigenvalue weighted by molar-refractivity contribution is 14.0. The molecule has 0 bridgehead atoms. The molecule has 0 saturated carbocycles. The molecule has 0 saturated heterocycles. The highest BCUT2D eigenvalue weighted by atomic mass is 127. The summed E-state index contributed by atoms with van der Waals surface area (Å²) in [6.07, 6.45) is 2.43. The molecule has 0 aromatic rings. The average Bonchev–Trinajstić information content (AvgIpc) is 2.55. The van der Waals surface area contributed by atoms with Gasteiger partial charge in [0.25, 0.3) is 0 Å². The van der Waals surface area contributed by atoms with Crippen LogP contribution in [0.2, 0.25) is 0 Å². The molecule has 10 heteroatoms. The normalized spacial score (nSPS) is 13.3. The highest BCUT2D eigenvalue weighted by Crippen LogP contribution is 2.07. The standard InChI is InChI=1S/C18H38N4O4S.HI/c1-7-10-11-15(14-21-17(23)26-18(4,5)6)22-16(19-8-2)20-12-13-27(24,25)9-3;/h15H,7-14H2,1-6H3,(H,21,23)(H2,19,20,22);1H. The largest absolute Gasteiger partial charge is 0.444 e. The second kappa shape index (κ2) is 15.1. The molecule has 0 rings (SSSR count). The molecule has 1 atom stereocenters. The SMILES string of the molecule is CCCCC(CNC(=O)OC(C)(C)C)NC(=NCCS(=O)(=O)CC)NCC.I. The second-order valence-corrected chi connectivity index (χ2v) is 9.84. The number of rotatable bonds is 11. The van der Waals surface area contributed by atoms with Crippen LogP contribution in [0.15, 0.2) is 4.99 Å². The van der Waals surface area contributed by atoms with Gasteiger partial charge in [0.2, 0.25) is 0 Å². The van der Waals surface area contributed by atoms with Crippen LogP contribution in [0.5, 0.6) is 0 Å². The van der Waals surface area contributed by atoms with Crippen LogP contribution in [-0.4, -0.2) is 63.3 Å². The number of halogens is 1. The number of amides is 1. The Morgan fingerprint density at radius 2 is 1.79 bits per heavy atom. The summed E-state index contributed by atoms with van der Waals surface area (Å²) >= 11 is 0. The zero-order chi connectivity index (χ0) is 20.9. The van der Waals surface area contributed by atoms with Crippen molar-refractivity contribution in [1.29, 1.82) is 0 Å². The molecule has 0 aromatic carbocycles. The Balaban J connectivity index is 0. The number of unbranched alkanes of at least 4 members (excludes halogenated alkanes) is 1. The molecule has 1 unspecified atom stereocenters. The quantitative estimate of drug-likeness (QED) is 0.214. The third-order valence-electron chi connectivity index (χ3n) is 3.59. The van der Waals surface area contributed by atoms with Crippen LogP contribution in [0.1, 0.15) is 60.8 Å². The molecule has 0 aliphatic rings. The van der Waals surface area contributed by atoms with Gasteiger partial charge >= 0.3 is 6.09 Å². The number of carbonyl (C=O) groups excluding carboxylic acids is 1. The summed E-state index contributed by atoms with van der Waals surface area (Å²) in [6, 6.07) is -0.0296. The molecule has 0 aromatic heterocycles. The molecule has 0 fully saturated rings. The first-order chi connectivity index (χ1) is 12.5. The molecular weight excluding hydrogens is 495 g/mol. The monoisotopic (exact) mass is 534 g/mol. The maximum absolute atomic E-state index is 11.9. The van der Waals surface area contributed by atoms with Crippen molar-refractivity contribution >= 4 is 45.9 Å². The summed E-state index contributed by atoms with van der Waals surface area (Å²) in [6.45, 7) is 12.4. The fourth-order valence-electron chi connectivity index (χ4n) is 2.15. The Labute approximate surface area is 188 Å². The van der Waals surface area contributed by atoms with E-state index in [1.807, 2.05) is 27.7 Å². The number of alkyl carbamates (subject to hydrolysis) is 1. The van der Waals surface area contributed by atoms with Crippen LogP contribution in [0.3, 0.4) is 0 Å². The summed E-state index contributed by atoms with van der Waals surface area (Å²) in [4.78, 5) is 16.2. The zero-order valence-electron chi connectivity index (χ0n) is 18.1. The maximum Gasteiger partial charge on any atom is 0.407 e. The number of guanidine groups is 1. The van der Waals surface area contributed by atoms with Gasteiger partial charge in [0.15, 0.2) is 15.8 Å². The average molecular weight is 535 g/mol. The van der Waals surface area contributed by atoms with E-state index in [1.165, 1.54) is 0 Å². The fraction of sp³-hybridized carbons (Fsp3) is 0.889. The molecule has 28 heavy (non-hydrogen) atoms. The Morgan fingerprint density at radius 1 is 1.14 bits per heavy atom. The molecule has 1 amide bonds. The minimum atomic E-state index is -3.05. The predicted octanol–water partition coefficient (Wildman–Crippen LogP) is 2.68. The Morgan fingerprint density at radius 3 is 2.29 bits per heavy atom. The van der Waals surface area contributed by atoms with Gasteiger partial charge < -0.3 is 20.7 Å². The lowest BCUT2D eigenvalue weighted by Crippen LogP contribution is -2.49. The van der Waals surface area contributed by atoms with Crippen molar-refractivity contribution in [3.63, 3.8) is 0 Å². The number of ether oxygens (including phenoxy) is 1. The molecule has 3 N–H and O–H groups in total. The third kappa shape index (κ3) is 16.2. The number of hydrogen-bond acceptors (Lipinski definition) is 5. The predicted molar refractivity (Wildman–Crippen MR) is 126 cm³/mol. The van der Waals surface area contributed by atoms with E-state index in [0.717, 1.165) is 19.3 Å². The molecule has 0 spiro atoms. The Bertz CT molecular complexity index is 562.